The molecule has 3 rings (SSSR count). The third-order valence-electron chi connectivity index (χ3n) is 5.18. The van der Waals surface area contributed by atoms with Crippen LogP contribution in [0.5, 0.6) is 0 Å². The minimum absolute atomic E-state index is 0. The van der Waals surface area contributed by atoms with E-state index in [0.717, 1.165) is 31.3 Å². The van der Waals surface area contributed by atoms with Crippen molar-refractivity contribution in [3.05, 3.63) is 42.2 Å². The van der Waals surface area contributed by atoms with Crippen molar-refractivity contribution < 1.29 is 0 Å². The molecule has 1 saturated heterocycles. The predicted molar refractivity (Wildman–Crippen MR) is 125 cm³/mol. The van der Waals surface area contributed by atoms with E-state index in [9.17, 15) is 0 Å². The summed E-state index contributed by atoms with van der Waals surface area (Å²) in [5.41, 5.74) is 1.02. The number of rotatable bonds is 5. The van der Waals surface area contributed by atoms with Crippen molar-refractivity contribution in [3.63, 3.8) is 0 Å². The van der Waals surface area contributed by atoms with Crippen LogP contribution in [0.15, 0.2) is 41.5 Å². The highest BCUT2D eigenvalue weighted by Crippen LogP contribution is 2.19. The summed E-state index contributed by atoms with van der Waals surface area (Å²) in [6.45, 7) is 12.6. The summed E-state index contributed by atoms with van der Waals surface area (Å²) in [5.74, 6) is 1.49. The van der Waals surface area contributed by atoms with Crippen molar-refractivity contribution in [2.24, 2.45) is 10.9 Å². The lowest BCUT2D eigenvalue weighted by Crippen LogP contribution is -2.46. The topological polar surface area (TPSA) is 52.6 Å². The molecular weight excluding hydrogens is 449 g/mol. The van der Waals surface area contributed by atoms with Crippen LogP contribution < -0.4 is 10.6 Å². The summed E-state index contributed by atoms with van der Waals surface area (Å²) in [6, 6.07) is 11.4. The molecule has 0 bridgehead atoms. The van der Waals surface area contributed by atoms with Gasteiger partial charge in [0.1, 0.15) is 0 Å². The van der Waals surface area contributed by atoms with Gasteiger partial charge in [-0.25, -0.2) is 4.99 Å². The van der Waals surface area contributed by atoms with E-state index >= 15 is 0 Å². The maximum atomic E-state index is 4.82. The van der Waals surface area contributed by atoms with Crippen LogP contribution >= 0.6 is 24.0 Å². The largest absolute Gasteiger partial charge is 0.357 e. The molecular formula is C21H32IN5. The Labute approximate surface area is 180 Å². The van der Waals surface area contributed by atoms with Gasteiger partial charge in [0, 0.05) is 43.3 Å². The molecule has 2 aromatic rings. The van der Waals surface area contributed by atoms with Gasteiger partial charge in [-0.3, -0.25) is 9.88 Å². The first-order valence-electron chi connectivity index (χ1n) is 9.70. The van der Waals surface area contributed by atoms with Crippen molar-refractivity contribution in [3.8, 4) is 0 Å². The van der Waals surface area contributed by atoms with Gasteiger partial charge in [0.15, 0.2) is 5.96 Å². The summed E-state index contributed by atoms with van der Waals surface area (Å²) in [5, 5.41) is 9.41. The van der Waals surface area contributed by atoms with Crippen molar-refractivity contribution >= 4 is 40.7 Å². The Balaban J connectivity index is 0.00000261. The zero-order valence-electron chi connectivity index (χ0n) is 16.8. The summed E-state index contributed by atoms with van der Waals surface area (Å²) < 4.78 is 0. The number of likely N-dealkylation sites (tertiary alicyclic amines) is 1. The van der Waals surface area contributed by atoms with Crippen LogP contribution in [-0.4, -0.2) is 47.6 Å². The number of benzene rings is 1. The molecule has 0 amide bonds. The second kappa shape index (κ2) is 10.2. The lowest BCUT2D eigenvalue weighted by Gasteiger charge is -2.22. The average molecular weight is 481 g/mol. The van der Waals surface area contributed by atoms with Gasteiger partial charge in [0.25, 0.3) is 0 Å². The Hall–Kier alpha value is -1.41. The van der Waals surface area contributed by atoms with Crippen LogP contribution in [0, 0.1) is 5.92 Å². The van der Waals surface area contributed by atoms with Crippen LogP contribution in [-0.2, 0) is 6.54 Å². The molecule has 2 unspecified atom stereocenters. The van der Waals surface area contributed by atoms with E-state index in [2.05, 4.69) is 72.5 Å². The molecule has 0 aliphatic carbocycles. The molecule has 27 heavy (non-hydrogen) atoms. The molecule has 5 nitrogen and oxygen atoms in total. The Kier molecular flexibility index (Phi) is 8.28. The number of fused-ring (bicyclic) bond motifs is 1. The Morgan fingerprint density at radius 1 is 1.26 bits per heavy atom. The molecule has 2 N–H and O–H groups in total. The summed E-state index contributed by atoms with van der Waals surface area (Å²) in [6.07, 6.45) is 1.87. The number of nitrogens with zero attached hydrogens (tertiary/aromatic N) is 3. The van der Waals surface area contributed by atoms with Gasteiger partial charge in [0.05, 0.1) is 12.2 Å². The van der Waals surface area contributed by atoms with E-state index in [-0.39, 0.29) is 24.0 Å². The third kappa shape index (κ3) is 5.54. The number of hydrogen-bond acceptors (Lipinski definition) is 3. The number of pyridine rings is 1. The van der Waals surface area contributed by atoms with Crippen LogP contribution in [0.3, 0.4) is 0 Å². The average Bonchev–Trinajstić information content (AvgIpc) is 3.01. The van der Waals surface area contributed by atoms with E-state index in [4.69, 9.17) is 4.99 Å². The quantitative estimate of drug-likeness (QED) is 0.389. The molecule has 1 fully saturated rings. The minimum Gasteiger partial charge on any atom is -0.357 e. The zero-order valence-corrected chi connectivity index (χ0v) is 19.1. The van der Waals surface area contributed by atoms with E-state index in [0.29, 0.717) is 24.5 Å². The van der Waals surface area contributed by atoms with E-state index < -0.39 is 0 Å². The fourth-order valence-electron chi connectivity index (χ4n) is 3.57. The molecule has 1 aromatic heterocycles. The Morgan fingerprint density at radius 3 is 2.74 bits per heavy atom. The molecule has 2 atom stereocenters. The summed E-state index contributed by atoms with van der Waals surface area (Å²) in [7, 11) is 0. The molecule has 148 valence electrons. The van der Waals surface area contributed by atoms with Gasteiger partial charge in [0.2, 0.25) is 0 Å². The van der Waals surface area contributed by atoms with Gasteiger partial charge < -0.3 is 10.6 Å². The van der Waals surface area contributed by atoms with Crippen molar-refractivity contribution in [1.29, 1.82) is 0 Å². The van der Waals surface area contributed by atoms with Gasteiger partial charge in [-0.15, -0.1) is 24.0 Å². The third-order valence-corrected chi connectivity index (χ3v) is 5.18. The first kappa shape index (κ1) is 21.9. The first-order valence-corrected chi connectivity index (χ1v) is 9.70. The number of halogens is 1. The molecule has 2 heterocycles. The highest BCUT2D eigenvalue weighted by atomic mass is 127. The highest BCUT2D eigenvalue weighted by Gasteiger charge is 2.31. The maximum Gasteiger partial charge on any atom is 0.191 e. The molecule has 1 aliphatic heterocycles. The van der Waals surface area contributed by atoms with Gasteiger partial charge in [-0.2, -0.15) is 0 Å². The number of nitrogens with one attached hydrogen (secondary N) is 2. The van der Waals surface area contributed by atoms with Crippen LogP contribution in [0.1, 0.15) is 33.4 Å². The van der Waals surface area contributed by atoms with E-state index in [1.807, 2.05) is 12.3 Å². The van der Waals surface area contributed by atoms with E-state index in [1.165, 1.54) is 10.8 Å². The first-order chi connectivity index (χ1) is 12.6. The summed E-state index contributed by atoms with van der Waals surface area (Å²) in [4.78, 5) is 11.9. The molecule has 1 aromatic carbocycles. The SMILES string of the molecule is CCNC(=NCc1nccc2ccccc12)NC1CN(C(C)C)CC1C.I. The smallest absolute Gasteiger partial charge is 0.191 e. The molecule has 0 radical (unpaired) electrons. The zero-order chi connectivity index (χ0) is 18.5. The van der Waals surface area contributed by atoms with Crippen molar-refractivity contribution in [2.45, 2.75) is 46.3 Å². The van der Waals surface area contributed by atoms with Crippen molar-refractivity contribution in [1.82, 2.24) is 20.5 Å². The van der Waals surface area contributed by atoms with Crippen molar-refractivity contribution in [2.75, 3.05) is 19.6 Å². The van der Waals surface area contributed by atoms with E-state index in [1.54, 1.807) is 0 Å². The normalized spacial score (nSPS) is 20.7. The fraction of sp³-hybridized carbons (Fsp3) is 0.524. The molecule has 6 heteroatoms. The lowest BCUT2D eigenvalue weighted by molar-refractivity contribution is 0.265. The monoisotopic (exact) mass is 481 g/mol. The van der Waals surface area contributed by atoms with Gasteiger partial charge in [-0.05, 0) is 38.1 Å². The fourth-order valence-corrected chi connectivity index (χ4v) is 3.57. The number of aromatic nitrogens is 1. The standard InChI is InChI=1S/C21H31N5.HI/c1-5-22-21(25-20-14-26(15(2)3)13-16(20)4)24-12-19-18-9-7-6-8-17(18)10-11-23-19;/h6-11,15-16,20H,5,12-14H2,1-4H3,(H2,22,24,25);1H. The second-order valence-corrected chi connectivity index (χ2v) is 7.45. The second-order valence-electron chi connectivity index (χ2n) is 7.45. The molecule has 0 saturated carbocycles. The minimum atomic E-state index is 0. The van der Waals surface area contributed by atoms with Crippen LogP contribution in [0.2, 0.25) is 0 Å². The lowest BCUT2D eigenvalue weighted by atomic mass is 10.1. The Bertz CT molecular complexity index is 756. The maximum absolute atomic E-state index is 4.82. The van der Waals surface area contributed by atoms with Crippen LogP contribution in [0.25, 0.3) is 10.8 Å². The summed E-state index contributed by atoms with van der Waals surface area (Å²) >= 11 is 0. The Morgan fingerprint density at radius 2 is 2.04 bits per heavy atom. The van der Waals surface area contributed by atoms with Gasteiger partial charge in [-0.1, -0.05) is 31.2 Å². The molecule has 0 spiro atoms. The van der Waals surface area contributed by atoms with Crippen LogP contribution in [0.4, 0.5) is 0 Å². The number of guanidine groups is 1. The highest BCUT2D eigenvalue weighted by molar-refractivity contribution is 14.0. The predicted octanol–water partition coefficient (Wildman–Crippen LogP) is 3.64. The van der Waals surface area contributed by atoms with Gasteiger partial charge >= 0.3 is 0 Å². The number of aliphatic imine (C=N–C) groups is 1. The number of hydrogen-bond donors (Lipinski definition) is 2. The molecule has 1 aliphatic rings.